The van der Waals surface area contributed by atoms with Gasteiger partial charge >= 0.3 is 6.36 Å². The zero-order valence-corrected chi connectivity index (χ0v) is 18.5. The maximum atomic E-state index is 12.2. The number of nitrogens with one attached hydrogen (secondary N) is 2. The van der Waals surface area contributed by atoms with Gasteiger partial charge in [0.2, 0.25) is 15.9 Å². The van der Waals surface area contributed by atoms with E-state index >= 15 is 0 Å². The number of hydrogen-bond acceptors (Lipinski definition) is 6. The Morgan fingerprint density at radius 1 is 1.09 bits per heavy atom. The van der Waals surface area contributed by atoms with Gasteiger partial charge < -0.3 is 15.0 Å². The van der Waals surface area contributed by atoms with E-state index in [1.807, 2.05) is 26.0 Å². The van der Waals surface area contributed by atoms with Gasteiger partial charge in [-0.3, -0.25) is 4.79 Å². The number of aromatic nitrogens is 1. The van der Waals surface area contributed by atoms with Crippen LogP contribution in [-0.4, -0.2) is 45.3 Å². The van der Waals surface area contributed by atoms with E-state index in [4.69, 9.17) is 0 Å². The molecule has 0 bridgehead atoms. The lowest BCUT2D eigenvalue weighted by Crippen LogP contribution is -2.30. The minimum absolute atomic E-state index is 0.112. The lowest BCUT2D eigenvalue weighted by atomic mass is 10.2. The second-order valence-electron chi connectivity index (χ2n) is 6.64. The quantitative estimate of drug-likeness (QED) is 0.520. The molecule has 0 aliphatic heterocycles. The molecule has 0 saturated carbocycles. The van der Waals surface area contributed by atoms with E-state index in [1.165, 1.54) is 0 Å². The number of ether oxygens (including phenoxy) is 1. The number of nitrogens with zero attached hydrogens (tertiary/aromatic N) is 2. The Morgan fingerprint density at radius 3 is 2.28 bits per heavy atom. The van der Waals surface area contributed by atoms with Crippen molar-refractivity contribution >= 4 is 21.7 Å². The van der Waals surface area contributed by atoms with Gasteiger partial charge in [0.15, 0.2) is 0 Å². The van der Waals surface area contributed by atoms with Crippen molar-refractivity contribution in [1.29, 1.82) is 0 Å². The second kappa shape index (κ2) is 11.1. The molecule has 0 saturated heterocycles. The molecule has 1 amide bonds. The van der Waals surface area contributed by atoms with Crippen molar-refractivity contribution < 1.29 is 31.1 Å². The summed E-state index contributed by atoms with van der Waals surface area (Å²) in [6, 6.07) is 7.49. The fraction of sp³-hybridized carbons (Fsp3) is 0.400. The van der Waals surface area contributed by atoms with Gasteiger partial charge in [-0.25, -0.2) is 18.1 Å². The maximum Gasteiger partial charge on any atom is 0.573 e. The van der Waals surface area contributed by atoms with E-state index in [-0.39, 0.29) is 30.3 Å². The number of sulfonamides is 1. The highest BCUT2D eigenvalue weighted by atomic mass is 32.2. The molecule has 2 aromatic rings. The van der Waals surface area contributed by atoms with Crippen molar-refractivity contribution in [3.8, 4) is 5.75 Å². The third-order valence-corrected chi connectivity index (χ3v) is 5.87. The summed E-state index contributed by atoms with van der Waals surface area (Å²) < 4.78 is 66.9. The molecular formula is C20H25F3N4O4S. The topological polar surface area (TPSA) is 101 Å². The first-order valence-electron chi connectivity index (χ1n) is 9.86. The number of halogens is 3. The highest BCUT2D eigenvalue weighted by Gasteiger charge is 2.31. The Hall–Kier alpha value is -2.86. The highest BCUT2D eigenvalue weighted by Crippen LogP contribution is 2.23. The van der Waals surface area contributed by atoms with Crippen LogP contribution >= 0.6 is 0 Å². The van der Waals surface area contributed by atoms with E-state index in [9.17, 15) is 26.4 Å². The van der Waals surface area contributed by atoms with Crippen molar-refractivity contribution in [3.05, 3.63) is 48.2 Å². The monoisotopic (exact) mass is 474 g/mol. The van der Waals surface area contributed by atoms with Crippen LogP contribution in [0.4, 0.5) is 19.0 Å². The molecule has 12 heteroatoms. The average Bonchev–Trinajstić information content (AvgIpc) is 2.73. The van der Waals surface area contributed by atoms with Gasteiger partial charge in [0, 0.05) is 38.8 Å². The summed E-state index contributed by atoms with van der Waals surface area (Å²) in [5, 5.41) is 2.68. The summed E-state index contributed by atoms with van der Waals surface area (Å²) in [5.74, 6) is -0.0534. The van der Waals surface area contributed by atoms with E-state index in [0.717, 1.165) is 48.7 Å². The number of alkyl halides is 3. The maximum absolute atomic E-state index is 12.2. The van der Waals surface area contributed by atoms with Crippen LogP contribution in [0.2, 0.25) is 0 Å². The molecule has 1 aromatic heterocycles. The third kappa shape index (κ3) is 8.00. The molecule has 1 heterocycles. The SMILES string of the molecule is CCN(CC)c1ccc(CNC(=O)CCNS(=O)(=O)c2ccc(OC(F)(F)F)cc2)cn1. The number of anilines is 1. The van der Waals surface area contributed by atoms with Crippen LogP contribution in [0.3, 0.4) is 0 Å². The van der Waals surface area contributed by atoms with Crippen LogP contribution in [0.5, 0.6) is 5.75 Å². The predicted molar refractivity (Wildman–Crippen MR) is 113 cm³/mol. The Kier molecular flexibility index (Phi) is 8.84. The summed E-state index contributed by atoms with van der Waals surface area (Å²) in [6.07, 6.45) is -3.31. The van der Waals surface area contributed by atoms with Crippen LogP contribution in [0.1, 0.15) is 25.8 Å². The van der Waals surface area contributed by atoms with Crippen LogP contribution in [0.25, 0.3) is 0 Å². The zero-order chi connectivity index (χ0) is 23.8. The van der Waals surface area contributed by atoms with E-state index in [0.29, 0.717) is 0 Å². The Labute approximate surface area is 184 Å². The largest absolute Gasteiger partial charge is 0.573 e. The number of amides is 1. The first kappa shape index (κ1) is 25.4. The zero-order valence-electron chi connectivity index (χ0n) is 17.6. The summed E-state index contributed by atoms with van der Waals surface area (Å²) in [4.78, 5) is 18.2. The van der Waals surface area contributed by atoms with Crippen molar-refractivity contribution in [2.75, 3.05) is 24.5 Å². The lowest BCUT2D eigenvalue weighted by molar-refractivity contribution is -0.274. The van der Waals surface area contributed by atoms with Crippen LogP contribution in [-0.2, 0) is 21.4 Å². The molecular weight excluding hydrogens is 449 g/mol. The molecule has 0 spiro atoms. The van der Waals surface area contributed by atoms with Gasteiger partial charge in [-0.2, -0.15) is 0 Å². The van der Waals surface area contributed by atoms with Gasteiger partial charge in [-0.15, -0.1) is 13.2 Å². The molecule has 1 aromatic carbocycles. The number of benzene rings is 1. The molecule has 176 valence electrons. The molecule has 0 radical (unpaired) electrons. The minimum atomic E-state index is -4.87. The smallest absolute Gasteiger partial charge is 0.406 e. The van der Waals surface area contributed by atoms with Gasteiger partial charge in [0.05, 0.1) is 4.90 Å². The molecule has 0 atom stereocenters. The normalized spacial score (nSPS) is 11.8. The van der Waals surface area contributed by atoms with Gasteiger partial charge in [-0.1, -0.05) is 6.07 Å². The first-order chi connectivity index (χ1) is 15.0. The summed E-state index contributed by atoms with van der Waals surface area (Å²) in [6.45, 7) is 5.81. The molecule has 8 nitrogen and oxygen atoms in total. The van der Waals surface area contributed by atoms with Crippen LogP contribution in [0.15, 0.2) is 47.5 Å². The average molecular weight is 475 g/mol. The van der Waals surface area contributed by atoms with E-state index in [1.54, 1.807) is 6.20 Å². The minimum Gasteiger partial charge on any atom is -0.406 e. The van der Waals surface area contributed by atoms with E-state index < -0.39 is 22.1 Å². The molecule has 32 heavy (non-hydrogen) atoms. The molecule has 0 unspecified atom stereocenters. The predicted octanol–water partition coefficient (Wildman–Crippen LogP) is 2.81. The molecule has 0 fully saturated rings. The van der Waals surface area contributed by atoms with Crippen LogP contribution in [0, 0.1) is 0 Å². The van der Waals surface area contributed by atoms with Crippen molar-refractivity contribution in [2.45, 2.75) is 38.1 Å². The number of pyridine rings is 1. The molecule has 0 aliphatic carbocycles. The molecule has 0 aliphatic rings. The number of hydrogen-bond donors (Lipinski definition) is 2. The number of carbonyl (C=O) groups excluding carboxylic acids is 1. The van der Waals surface area contributed by atoms with E-state index in [2.05, 4.69) is 24.7 Å². The Balaban J connectivity index is 1.79. The lowest BCUT2D eigenvalue weighted by Gasteiger charge is -2.19. The van der Waals surface area contributed by atoms with Crippen LogP contribution < -0.4 is 19.7 Å². The first-order valence-corrected chi connectivity index (χ1v) is 11.3. The fourth-order valence-electron chi connectivity index (χ4n) is 2.75. The third-order valence-electron chi connectivity index (χ3n) is 4.40. The standard InChI is InChI=1S/C20H25F3N4O4S/c1-3-27(4-2)18-10-5-15(13-24-18)14-25-19(28)11-12-26-32(29,30)17-8-6-16(7-9-17)31-20(21,22)23/h5-10,13,26H,3-4,11-12,14H2,1-2H3,(H,25,28). The van der Waals surface area contributed by atoms with Gasteiger partial charge in [-0.05, 0) is 49.7 Å². The van der Waals surface area contributed by atoms with Crippen molar-refractivity contribution in [3.63, 3.8) is 0 Å². The Morgan fingerprint density at radius 2 is 1.75 bits per heavy atom. The molecule has 2 rings (SSSR count). The van der Waals surface area contributed by atoms with Gasteiger partial charge in [0.25, 0.3) is 0 Å². The number of carbonyl (C=O) groups is 1. The summed E-state index contributed by atoms with van der Waals surface area (Å²) >= 11 is 0. The summed E-state index contributed by atoms with van der Waals surface area (Å²) in [5.41, 5.74) is 0.802. The van der Waals surface area contributed by atoms with Crippen molar-refractivity contribution in [2.24, 2.45) is 0 Å². The van der Waals surface area contributed by atoms with Gasteiger partial charge in [0.1, 0.15) is 11.6 Å². The second-order valence-corrected chi connectivity index (χ2v) is 8.41. The molecule has 2 N–H and O–H groups in total. The van der Waals surface area contributed by atoms with Crippen molar-refractivity contribution in [1.82, 2.24) is 15.0 Å². The summed E-state index contributed by atoms with van der Waals surface area (Å²) in [7, 11) is -3.98. The Bertz CT molecular complexity index is 977. The number of rotatable bonds is 11. The fourth-order valence-corrected chi connectivity index (χ4v) is 3.78. The highest BCUT2D eigenvalue weighted by molar-refractivity contribution is 7.89.